The Labute approximate surface area is 105 Å². The van der Waals surface area contributed by atoms with E-state index >= 15 is 0 Å². The minimum atomic E-state index is -0.711. The maximum atomic E-state index is 11.1. The summed E-state index contributed by atoms with van der Waals surface area (Å²) in [5.41, 5.74) is 2.01. The quantitative estimate of drug-likeness (QED) is 0.902. The first kappa shape index (κ1) is 11.3. The van der Waals surface area contributed by atoms with Gasteiger partial charge in [-0.1, -0.05) is 6.07 Å². The van der Waals surface area contributed by atoms with E-state index in [0.29, 0.717) is 6.54 Å². The van der Waals surface area contributed by atoms with Crippen molar-refractivity contribution in [3.8, 4) is 0 Å². The summed E-state index contributed by atoms with van der Waals surface area (Å²) in [6, 6.07) is 7.61. The van der Waals surface area contributed by atoms with Crippen LogP contribution in [0.3, 0.4) is 0 Å². The number of likely N-dealkylation sites (tertiary alicyclic amines) is 1. The number of hydrogen-bond acceptors (Lipinski definition) is 3. The molecule has 1 saturated heterocycles. The molecule has 2 heterocycles. The summed E-state index contributed by atoms with van der Waals surface area (Å²) in [5.74, 6) is -0.711. The normalized spacial score (nSPS) is 20.6. The zero-order valence-corrected chi connectivity index (χ0v) is 10.0. The zero-order chi connectivity index (χ0) is 12.5. The van der Waals surface area contributed by atoms with E-state index in [9.17, 15) is 4.79 Å². The van der Waals surface area contributed by atoms with Gasteiger partial charge >= 0.3 is 5.97 Å². The van der Waals surface area contributed by atoms with Crippen molar-refractivity contribution in [2.75, 3.05) is 6.54 Å². The minimum absolute atomic E-state index is 0.329. The van der Waals surface area contributed by atoms with Crippen LogP contribution in [-0.4, -0.2) is 28.6 Å². The average molecular weight is 245 g/mol. The summed E-state index contributed by atoms with van der Waals surface area (Å²) in [6.07, 6.45) is 3.39. The smallest absolute Gasteiger partial charge is 0.320 e. The van der Waals surface area contributed by atoms with Crippen LogP contribution in [0.25, 0.3) is 11.0 Å². The average Bonchev–Trinajstić information content (AvgIpc) is 2.96. The van der Waals surface area contributed by atoms with Crippen molar-refractivity contribution in [1.82, 2.24) is 4.90 Å². The number of carboxylic acid groups (broad SMARTS) is 1. The number of fused-ring (bicyclic) bond motifs is 1. The first-order valence-electron chi connectivity index (χ1n) is 6.17. The number of benzene rings is 1. The van der Waals surface area contributed by atoms with Crippen molar-refractivity contribution < 1.29 is 14.3 Å². The second kappa shape index (κ2) is 4.46. The molecule has 2 aromatic rings. The van der Waals surface area contributed by atoms with E-state index in [0.717, 1.165) is 35.9 Å². The van der Waals surface area contributed by atoms with Crippen LogP contribution in [0.1, 0.15) is 18.4 Å². The van der Waals surface area contributed by atoms with Crippen molar-refractivity contribution in [1.29, 1.82) is 0 Å². The summed E-state index contributed by atoms with van der Waals surface area (Å²) in [7, 11) is 0. The van der Waals surface area contributed by atoms with Crippen molar-refractivity contribution in [2.45, 2.75) is 25.4 Å². The molecule has 1 aliphatic heterocycles. The Morgan fingerprint density at radius 2 is 2.33 bits per heavy atom. The monoisotopic (exact) mass is 245 g/mol. The molecule has 0 saturated carbocycles. The molecule has 1 atom stereocenters. The largest absolute Gasteiger partial charge is 0.480 e. The molecule has 4 heteroatoms. The second-order valence-corrected chi connectivity index (χ2v) is 4.76. The SMILES string of the molecule is O=C(O)[C@H]1CCCN1Cc1ccc2occc2c1. The van der Waals surface area contributed by atoms with E-state index < -0.39 is 5.97 Å². The molecule has 0 amide bonds. The molecular weight excluding hydrogens is 230 g/mol. The molecule has 3 rings (SSSR count). The van der Waals surface area contributed by atoms with Gasteiger partial charge in [0.2, 0.25) is 0 Å². The molecule has 4 nitrogen and oxygen atoms in total. The number of nitrogens with zero attached hydrogens (tertiary/aromatic N) is 1. The molecule has 0 bridgehead atoms. The Balaban J connectivity index is 1.80. The molecule has 1 fully saturated rings. The van der Waals surface area contributed by atoms with Gasteiger partial charge in [0.05, 0.1) is 6.26 Å². The Kier molecular flexibility index (Phi) is 2.80. The van der Waals surface area contributed by atoms with Crippen LogP contribution in [0.5, 0.6) is 0 Å². The van der Waals surface area contributed by atoms with Gasteiger partial charge in [0.25, 0.3) is 0 Å². The predicted molar refractivity (Wildman–Crippen MR) is 67.3 cm³/mol. The van der Waals surface area contributed by atoms with Crippen LogP contribution < -0.4 is 0 Å². The van der Waals surface area contributed by atoms with Gasteiger partial charge in [-0.3, -0.25) is 9.69 Å². The van der Waals surface area contributed by atoms with Crippen LogP contribution in [-0.2, 0) is 11.3 Å². The number of carbonyl (C=O) groups is 1. The first-order chi connectivity index (χ1) is 8.74. The Morgan fingerprint density at radius 3 is 3.17 bits per heavy atom. The fourth-order valence-electron chi connectivity index (χ4n) is 2.64. The lowest BCUT2D eigenvalue weighted by Crippen LogP contribution is -2.35. The van der Waals surface area contributed by atoms with Gasteiger partial charge in [-0.05, 0) is 43.1 Å². The number of hydrogen-bond donors (Lipinski definition) is 1. The minimum Gasteiger partial charge on any atom is -0.480 e. The molecule has 0 aliphatic carbocycles. The molecule has 1 aromatic carbocycles. The molecule has 0 spiro atoms. The number of aliphatic carboxylic acids is 1. The van der Waals surface area contributed by atoms with Crippen LogP contribution in [0.4, 0.5) is 0 Å². The molecule has 1 aliphatic rings. The van der Waals surface area contributed by atoms with Crippen LogP contribution in [0.15, 0.2) is 34.9 Å². The third-order valence-electron chi connectivity index (χ3n) is 3.55. The third kappa shape index (κ3) is 1.99. The standard InChI is InChI=1S/C14H15NO3/c16-14(17)12-2-1-6-15(12)9-10-3-4-13-11(8-10)5-7-18-13/h3-5,7-8,12H,1-2,6,9H2,(H,16,17)/t12-/m1/s1. The Bertz CT molecular complexity index is 575. The molecule has 0 unspecified atom stereocenters. The number of rotatable bonds is 3. The van der Waals surface area contributed by atoms with E-state index in [1.807, 2.05) is 23.1 Å². The van der Waals surface area contributed by atoms with E-state index in [1.54, 1.807) is 6.26 Å². The lowest BCUT2D eigenvalue weighted by atomic mass is 10.1. The van der Waals surface area contributed by atoms with Gasteiger partial charge in [-0.2, -0.15) is 0 Å². The highest BCUT2D eigenvalue weighted by molar-refractivity contribution is 5.77. The van der Waals surface area contributed by atoms with Gasteiger partial charge in [-0.25, -0.2) is 0 Å². The van der Waals surface area contributed by atoms with Crippen molar-refractivity contribution in [3.05, 3.63) is 36.1 Å². The lowest BCUT2D eigenvalue weighted by Gasteiger charge is -2.20. The van der Waals surface area contributed by atoms with Crippen LogP contribution >= 0.6 is 0 Å². The summed E-state index contributed by atoms with van der Waals surface area (Å²) < 4.78 is 5.29. The second-order valence-electron chi connectivity index (χ2n) is 4.76. The molecule has 0 radical (unpaired) electrons. The van der Waals surface area contributed by atoms with Crippen molar-refractivity contribution in [2.24, 2.45) is 0 Å². The lowest BCUT2D eigenvalue weighted by molar-refractivity contribution is -0.142. The zero-order valence-electron chi connectivity index (χ0n) is 10.0. The maximum absolute atomic E-state index is 11.1. The van der Waals surface area contributed by atoms with Gasteiger partial charge in [0.1, 0.15) is 11.6 Å². The van der Waals surface area contributed by atoms with E-state index in [2.05, 4.69) is 6.07 Å². The third-order valence-corrected chi connectivity index (χ3v) is 3.55. The highest BCUT2D eigenvalue weighted by atomic mass is 16.4. The fraction of sp³-hybridized carbons (Fsp3) is 0.357. The van der Waals surface area contributed by atoms with Crippen LogP contribution in [0.2, 0.25) is 0 Å². The van der Waals surface area contributed by atoms with E-state index in [4.69, 9.17) is 9.52 Å². The summed E-state index contributed by atoms with van der Waals surface area (Å²) in [4.78, 5) is 13.1. The van der Waals surface area contributed by atoms with Crippen LogP contribution in [0, 0.1) is 0 Å². The molecule has 94 valence electrons. The van der Waals surface area contributed by atoms with Crippen molar-refractivity contribution >= 4 is 16.9 Å². The number of furan rings is 1. The maximum Gasteiger partial charge on any atom is 0.320 e. The molecule has 1 aromatic heterocycles. The summed E-state index contributed by atoms with van der Waals surface area (Å²) in [6.45, 7) is 1.55. The number of carboxylic acids is 1. The first-order valence-corrected chi connectivity index (χ1v) is 6.17. The highest BCUT2D eigenvalue weighted by Crippen LogP contribution is 2.22. The molecule has 18 heavy (non-hydrogen) atoms. The topological polar surface area (TPSA) is 53.7 Å². The fourth-order valence-corrected chi connectivity index (χ4v) is 2.64. The van der Waals surface area contributed by atoms with Gasteiger partial charge in [-0.15, -0.1) is 0 Å². The molecule has 1 N–H and O–H groups in total. The van der Waals surface area contributed by atoms with Gasteiger partial charge in [0.15, 0.2) is 0 Å². The molecular formula is C14H15NO3. The Hall–Kier alpha value is -1.81. The summed E-state index contributed by atoms with van der Waals surface area (Å²) in [5, 5.41) is 10.2. The van der Waals surface area contributed by atoms with Gasteiger partial charge in [0, 0.05) is 11.9 Å². The van der Waals surface area contributed by atoms with E-state index in [-0.39, 0.29) is 6.04 Å². The van der Waals surface area contributed by atoms with Crippen molar-refractivity contribution in [3.63, 3.8) is 0 Å². The highest BCUT2D eigenvalue weighted by Gasteiger charge is 2.30. The van der Waals surface area contributed by atoms with Gasteiger partial charge < -0.3 is 9.52 Å². The van der Waals surface area contributed by atoms with E-state index in [1.165, 1.54) is 0 Å². The summed E-state index contributed by atoms with van der Waals surface area (Å²) >= 11 is 0. The predicted octanol–water partition coefficient (Wildman–Crippen LogP) is 2.48. The Morgan fingerprint density at radius 1 is 1.44 bits per heavy atom.